The summed E-state index contributed by atoms with van der Waals surface area (Å²) in [6.45, 7) is 2.97. The van der Waals surface area contributed by atoms with E-state index in [-0.39, 0.29) is 19.1 Å². The summed E-state index contributed by atoms with van der Waals surface area (Å²) < 4.78 is 21.2. The second kappa shape index (κ2) is 12.6. The lowest BCUT2D eigenvalue weighted by molar-refractivity contribution is -0.129. The minimum Gasteiger partial charge on any atom is -0.486 e. The van der Waals surface area contributed by atoms with Gasteiger partial charge in [-0.25, -0.2) is 14.2 Å². The maximum atomic E-state index is 14.9. The third kappa shape index (κ3) is 5.90. The number of carbonyl (C=O) groups is 2. The van der Waals surface area contributed by atoms with Gasteiger partial charge in [0, 0.05) is 15.1 Å². The number of urea groups is 1. The van der Waals surface area contributed by atoms with Gasteiger partial charge in [0.05, 0.1) is 24.6 Å². The van der Waals surface area contributed by atoms with Gasteiger partial charge in [0.15, 0.2) is 0 Å². The summed E-state index contributed by atoms with van der Waals surface area (Å²) >= 11 is 2.05. The monoisotopic (exact) mass is 684 g/mol. The number of hydrogen-bond donors (Lipinski definition) is 4. The van der Waals surface area contributed by atoms with E-state index in [2.05, 4.69) is 10.3 Å². The largest absolute Gasteiger partial charge is 0.486 e. The number of H-pyrrole nitrogens is 1. The van der Waals surface area contributed by atoms with E-state index in [1.54, 1.807) is 43.3 Å². The summed E-state index contributed by atoms with van der Waals surface area (Å²) in [7, 11) is 0. The lowest BCUT2D eigenvalue weighted by atomic mass is 9.91. The number of aliphatic hydroxyl groups is 2. The van der Waals surface area contributed by atoms with Gasteiger partial charge in [0.2, 0.25) is 0 Å². The molecule has 1 aliphatic heterocycles. The summed E-state index contributed by atoms with van der Waals surface area (Å²) in [6.07, 6.45) is -0.769. The number of aromatic nitrogens is 2. The molecule has 1 aromatic heterocycles. The molecule has 0 radical (unpaired) electrons. The van der Waals surface area contributed by atoms with Crippen molar-refractivity contribution in [1.29, 1.82) is 0 Å². The second-order valence-corrected chi connectivity index (χ2v) is 11.4. The van der Waals surface area contributed by atoms with Crippen LogP contribution in [0.25, 0.3) is 11.3 Å². The minimum absolute atomic E-state index is 0.347. The van der Waals surface area contributed by atoms with E-state index < -0.39 is 35.9 Å². The molecule has 0 spiro atoms. The molecule has 4 N–H and O–H groups in total. The second-order valence-electron chi connectivity index (χ2n) is 10.1. The highest BCUT2D eigenvalue weighted by molar-refractivity contribution is 14.1. The first-order valence-electron chi connectivity index (χ1n) is 13.4. The highest BCUT2D eigenvalue weighted by Crippen LogP contribution is 2.40. The van der Waals surface area contributed by atoms with Crippen molar-refractivity contribution in [3.63, 3.8) is 0 Å². The van der Waals surface area contributed by atoms with Crippen molar-refractivity contribution in [1.82, 2.24) is 20.2 Å². The number of rotatable bonds is 10. The lowest BCUT2D eigenvalue weighted by Crippen LogP contribution is -2.38. The zero-order valence-electron chi connectivity index (χ0n) is 22.9. The van der Waals surface area contributed by atoms with Crippen LogP contribution in [0.2, 0.25) is 0 Å². The third-order valence-corrected chi connectivity index (χ3v) is 8.03. The average molecular weight is 685 g/mol. The zero-order valence-corrected chi connectivity index (χ0v) is 25.1. The quantitative estimate of drug-likeness (QED) is 0.138. The van der Waals surface area contributed by atoms with Crippen LogP contribution in [0.15, 0.2) is 72.8 Å². The van der Waals surface area contributed by atoms with Gasteiger partial charge in [0.1, 0.15) is 35.6 Å². The predicted octanol–water partition coefficient (Wildman–Crippen LogP) is 5.00. The third-order valence-electron chi connectivity index (χ3n) is 7.36. The summed E-state index contributed by atoms with van der Waals surface area (Å²) in [5.41, 5.74) is 2.80. The molecule has 0 saturated carbocycles. The van der Waals surface area contributed by atoms with E-state index >= 15 is 0 Å². The molecule has 1 unspecified atom stereocenters. The molecular weight excluding hydrogens is 654 g/mol. The van der Waals surface area contributed by atoms with Crippen LogP contribution in [0.5, 0.6) is 5.75 Å². The number of hydrogen-bond acceptors (Lipinski definition) is 6. The van der Waals surface area contributed by atoms with E-state index in [0.717, 1.165) is 9.13 Å². The van der Waals surface area contributed by atoms with Crippen LogP contribution in [0, 0.1) is 16.3 Å². The fourth-order valence-electron chi connectivity index (χ4n) is 5.15. The molecule has 1 fully saturated rings. The van der Waals surface area contributed by atoms with Crippen LogP contribution in [0.1, 0.15) is 47.6 Å². The molecule has 5 rings (SSSR count). The smallest absolute Gasteiger partial charge is 0.325 e. The van der Waals surface area contributed by atoms with Crippen molar-refractivity contribution in [2.24, 2.45) is 0 Å². The number of nitrogens with one attached hydrogen (secondary N) is 2. The zero-order chi connectivity index (χ0) is 30.0. The van der Waals surface area contributed by atoms with Gasteiger partial charge in [-0.3, -0.25) is 9.69 Å². The number of aliphatic hydroxyl groups excluding tert-OH is 2. The van der Waals surface area contributed by atoms with Crippen molar-refractivity contribution < 1.29 is 28.9 Å². The first kappa shape index (κ1) is 29.7. The SMILES string of the molecule is Cc1nc([C@H]([C@@H](C)c2ccccc2)N2C(=O)NC(c3ccc(OC(CO)CO)cc3)C2=O)[nH]c1-c1ccc(I)cc1F. The molecule has 0 aliphatic carbocycles. The summed E-state index contributed by atoms with van der Waals surface area (Å²) in [4.78, 5) is 36.5. The Kier molecular flexibility index (Phi) is 8.90. The molecule has 2 heterocycles. The van der Waals surface area contributed by atoms with Crippen molar-refractivity contribution in [3.8, 4) is 17.0 Å². The molecule has 0 bridgehead atoms. The first-order valence-corrected chi connectivity index (χ1v) is 14.5. The molecule has 3 aromatic carbocycles. The first-order chi connectivity index (χ1) is 20.2. The minimum atomic E-state index is -0.951. The van der Waals surface area contributed by atoms with Crippen molar-refractivity contribution in [3.05, 3.63) is 105 Å². The number of aromatic amines is 1. The standard InChI is InChI=1S/C31H30FIN4O5/c1-17(19-6-4-3-5-7-19)28(29-34-18(2)26(35-29)24-13-10-21(33)14-25(24)32)37-30(40)27(36-31(37)41)20-8-11-22(12-9-20)42-23(15-38)16-39/h3-14,17,23,27-28,38-39H,15-16H2,1-2H3,(H,34,35)(H,36,41)/t17-,27?,28-/m0/s1. The van der Waals surface area contributed by atoms with Crippen LogP contribution in [-0.4, -0.2) is 56.3 Å². The number of carbonyl (C=O) groups excluding carboxylic acids is 2. The van der Waals surface area contributed by atoms with E-state index in [1.807, 2.05) is 59.8 Å². The van der Waals surface area contributed by atoms with E-state index in [1.165, 1.54) is 11.0 Å². The number of halogens is 2. The van der Waals surface area contributed by atoms with E-state index in [9.17, 15) is 24.2 Å². The Hall–Kier alpha value is -3.81. The molecule has 4 aromatic rings. The molecule has 9 nitrogen and oxygen atoms in total. The fraction of sp³-hybridized carbons (Fsp3) is 0.258. The van der Waals surface area contributed by atoms with Crippen molar-refractivity contribution in [2.75, 3.05) is 13.2 Å². The van der Waals surface area contributed by atoms with Crippen LogP contribution < -0.4 is 10.1 Å². The number of imide groups is 1. The lowest BCUT2D eigenvalue weighted by Gasteiger charge is -2.29. The fourth-order valence-corrected chi connectivity index (χ4v) is 5.60. The Morgan fingerprint density at radius 1 is 1.05 bits per heavy atom. The molecule has 11 heteroatoms. The molecule has 3 amide bonds. The Labute approximate surface area is 255 Å². The predicted molar refractivity (Wildman–Crippen MR) is 162 cm³/mol. The Balaban J connectivity index is 1.51. The summed E-state index contributed by atoms with van der Waals surface area (Å²) in [6, 6.07) is 18.6. The number of imidazole rings is 1. The topological polar surface area (TPSA) is 128 Å². The van der Waals surface area contributed by atoms with Gasteiger partial charge in [-0.2, -0.15) is 0 Å². The van der Waals surface area contributed by atoms with Crippen molar-refractivity contribution >= 4 is 34.5 Å². The molecular formula is C31H30FIN4O5. The Morgan fingerprint density at radius 3 is 2.38 bits per heavy atom. The maximum Gasteiger partial charge on any atom is 0.325 e. The number of aryl methyl sites for hydroxylation is 1. The van der Waals surface area contributed by atoms with Gasteiger partial charge < -0.3 is 25.3 Å². The highest BCUT2D eigenvalue weighted by atomic mass is 127. The van der Waals surface area contributed by atoms with Gasteiger partial charge in [-0.1, -0.05) is 49.4 Å². The van der Waals surface area contributed by atoms with Crippen LogP contribution in [0.4, 0.5) is 9.18 Å². The van der Waals surface area contributed by atoms with Crippen LogP contribution in [-0.2, 0) is 4.79 Å². The molecule has 3 atom stereocenters. The van der Waals surface area contributed by atoms with Gasteiger partial charge in [0.25, 0.3) is 5.91 Å². The molecule has 218 valence electrons. The number of nitrogens with zero attached hydrogens (tertiary/aromatic N) is 2. The number of benzene rings is 3. The Morgan fingerprint density at radius 2 is 1.74 bits per heavy atom. The van der Waals surface area contributed by atoms with Crippen LogP contribution in [0.3, 0.4) is 0 Å². The van der Waals surface area contributed by atoms with Gasteiger partial charge >= 0.3 is 6.03 Å². The summed E-state index contributed by atoms with van der Waals surface area (Å²) in [5, 5.41) is 21.4. The molecule has 1 aliphatic rings. The normalized spacial score (nSPS) is 16.5. The van der Waals surface area contributed by atoms with E-state index in [0.29, 0.717) is 34.1 Å². The highest BCUT2D eigenvalue weighted by Gasteiger charge is 2.46. The van der Waals surface area contributed by atoms with Crippen LogP contribution >= 0.6 is 22.6 Å². The number of amides is 3. The average Bonchev–Trinajstić information content (AvgIpc) is 3.51. The summed E-state index contributed by atoms with van der Waals surface area (Å²) in [5.74, 6) is -0.453. The van der Waals surface area contributed by atoms with Crippen molar-refractivity contribution in [2.45, 2.75) is 38.0 Å². The Bertz CT molecular complexity index is 1580. The van der Waals surface area contributed by atoms with Gasteiger partial charge in [-0.15, -0.1) is 0 Å². The van der Waals surface area contributed by atoms with E-state index in [4.69, 9.17) is 9.72 Å². The maximum absolute atomic E-state index is 14.9. The molecule has 1 saturated heterocycles. The number of ether oxygens (including phenoxy) is 1. The van der Waals surface area contributed by atoms with Gasteiger partial charge in [-0.05, 0) is 71.0 Å². The molecule has 42 heavy (non-hydrogen) atoms.